The Balaban J connectivity index is 1.11. The Labute approximate surface area is 184 Å². The van der Waals surface area contributed by atoms with Crippen LogP contribution in [0.5, 0.6) is 5.75 Å². The maximum Gasteiger partial charge on any atom is 0.241 e. The van der Waals surface area contributed by atoms with Crippen molar-refractivity contribution >= 4 is 11.5 Å². The van der Waals surface area contributed by atoms with Gasteiger partial charge in [-0.2, -0.15) is 4.98 Å². The number of anilines is 1. The number of fused-ring (bicyclic) bond motifs is 1. The first-order chi connectivity index (χ1) is 15.8. The lowest BCUT2D eigenvalue weighted by Crippen LogP contribution is -2.46. The molecule has 0 N–H and O–H groups in total. The van der Waals surface area contributed by atoms with E-state index in [9.17, 15) is 0 Å². The zero-order valence-corrected chi connectivity index (χ0v) is 17.9. The smallest absolute Gasteiger partial charge is 0.241 e. The number of hydrogen-bond donors (Lipinski definition) is 0. The average Bonchev–Trinajstić information content (AvgIpc) is 3.42. The molecule has 0 unspecified atom stereocenters. The van der Waals surface area contributed by atoms with E-state index in [1.54, 1.807) is 7.11 Å². The quantitative estimate of drug-likeness (QED) is 0.455. The summed E-state index contributed by atoms with van der Waals surface area (Å²) < 4.78 is 12.8. The summed E-state index contributed by atoms with van der Waals surface area (Å²) in [5, 5.41) is 13.0. The van der Waals surface area contributed by atoms with Crippen LogP contribution in [0.3, 0.4) is 0 Å². The molecular weight excluding hydrogens is 408 g/mol. The maximum atomic E-state index is 5.50. The molecule has 4 aromatic rings. The minimum Gasteiger partial charge on any atom is -0.497 e. The number of hydrogen-bond acceptors (Lipinski definition) is 9. The van der Waals surface area contributed by atoms with Gasteiger partial charge in [0.15, 0.2) is 5.82 Å². The molecule has 164 valence electrons. The molecule has 6 rings (SSSR count). The van der Waals surface area contributed by atoms with Crippen LogP contribution in [0.2, 0.25) is 0 Å². The second-order valence-corrected chi connectivity index (χ2v) is 8.28. The van der Waals surface area contributed by atoms with Crippen LogP contribution in [-0.4, -0.2) is 67.9 Å². The highest BCUT2D eigenvalue weighted by Gasteiger charge is 2.30. The first-order valence-electron chi connectivity index (χ1n) is 10.9. The third-order valence-electron chi connectivity index (χ3n) is 6.12. The summed E-state index contributed by atoms with van der Waals surface area (Å²) >= 11 is 0. The minimum atomic E-state index is 0.550. The van der Waals surface area contributed by atoms with Crippen molar-refractivity contribution in [3.63, 3.8) is 0 Å². The van der Waals surface area contributed by atoms with Gasteiger partial charge in [0.2, 0.25) is 17.4 Å². The van der Waals surface area contributed by atoms with Crippen LogP contribution in [0.15, 0.2) is 41.2 Å². The van der Waals surface area contributed by atoms with Gasteiger partial charge < -0.3 is 14.2 Å². The lowest BCUT2D eigenvalue weighted by atomic mass is 10.2. The lowest BCUT2D eigenvalue weighted by molar-refractivity contribution is 0.215. The number of piperazine rings is 1. The minimum absolute atomic E-state index is 0.550. The molecule has 10 heteroatoms. The largest absolute Gasteiger partial charge is 0.497 e. The van der Waals surface area contributed by atoms with Gasteiger partial charge in [-0.1, -0.05) is 5.16 Å². The average molecular weight is 432 g/mol. The zero-order chi connectivity index (χ0) is 21.5. The second kappa shape index (κ2) is 7.86. The van der Waals surface area contributed by atoms with Gasteiger partial charge in [0.05, 0.1) is 13.7 Å². The van der Waals surface area contributed by atoms with E-state index < -0.39 is 0 Å². The Morgan fingerprint density at radius 3 is 2.62 bits per heavy atom. The summed E-state index contributed by atoms with van der Waals surface area (Å²) in [6.45, 7) is 4.11. The fourth-order valence-corrected chi connectivity index (χ4v) is 4.16. The van der Waals surface area contributed by atoms with Gasteiger partial charge in [-0.15, -0.1) is 10.2 Å². The van der Waals surface area contributed by atoms with E-state index in [4.69, 9.17) is 9.26 Å². The molecule has 1 saturated carbocycles. The molecular formula is C22H24N8O2. The van der Waals surface area contributed by atoms with Gasteiger partial charge >= 0.3 is 0 Å². The van der Waals surface area contributed by atoms with E-state index in [-0.39, 0.29) is 0 Å². The van der Waals surface area contributed by atoms with Crippen molar-refractivity contribution in [1.29, 1.82) is 0 Å². The van der Waals surface area contributed by atoms with Crippen molar-refractivity contribution in [3.05, 3.63) is 48.4 Å². The molecule has 2 fully saturated rings. The SMILES string of the molecule is COc1ccc(-c2noc(CN3CCN(c4nccn5c(C6CC6)nnc45)CC3)n2)cc1. The summed E-state index contributed by atoms with van der Waals surface area (Å²) in [5.74, 6) is 4.54. The predicted molar refractivity (Wildman–Crippen MR) is 117 cm³/mol. The Bertz CT molecular complexity index is 1220. The Kier molecular flexibility index (Phi) is 4.71. The summed E-state index contributed by atoms with van der Waals surface area (Å²) in [6, 6.07) is 7.64. The van der Waals surface area contributed by atoms with Gasteiger partial charge in [0.25, 0.3) is 0 Å². The number of aromatic nitrogens is 6. The number of methoxy groups -OCH3 is 1. The summed E-state index contributed by atoms with van der Waals surface area (Å²) in [5.41, 5.74) is 1.76. The molecule has 0 radical (unpaired) electrons. The molecule has 10 nitrogen and oxygen atoms in total. The molecule has 4 heterocycles. The highest BCUT2D eigenvalue weighted by Crippen LogP contribution is 2.39. The number of rotatable bonds is 6. The molecule has 1 aliphatic carbocycles. The van der Waals surface area contributed by atoms with Crippen molar-refractivity contribution in [3.8, 4) is 17.1 Å². The topological polar surface area (TPSA) is 97.7 Å². The molecule has 2 aliphatic rings. The fourth-order valence-electron chi connectivity index (χ4n) is 4.16. The van der Waals surface area contributed by atoms with E-state index in [2.05, 4.69) is 39.5 Å². The first-order valence-corrected chi connectivity index (χ1v) is 10.9. The van der Waals surface area contributed by atoms with Crippen LogP contribution in [0.4, 0.5) is 5.82 Å². The van der Waals surface area contributed by atoms with Crippen molar-refractivity contribution in [2.45, 2.75) is 25.3 Å². The van der Waals surface area contributed by atoms with Crippen LogP contribution in [0.1, 0.15) is 30.5 Å². The summed E-state index contributed by atoms with van der Waals surface area (Å²) in [4.78, 5) is 13.8. The van der Waals surface area contributed by atoms with Crippen LogP contribution in [0, 0.1) is 0 Å². The van der Waals surface area contributed by atoms with E-state index >= 15 is 0 Å². The highest BCUT2D eigenvalue weighted by molar-refractivity contribution is 5.64. The van der Waals surface area contributed by atoms with Gasteiger partial charge in [-0.05, 0) is 37.1 Å². The maximum absolute atomic E-state index is 5.50. The Morgan fingerprint density at radius 1 is 1.06 bits per heavy atom. The summed E-state index contributed by atoms with van der Waals surface area (Å²) in [7, 11) is 1.65. The normalized spacial score (nSPS) is 17.2. The van der Waals surface area contributed by atoms with E-state index in [0.717, 1.165) is 54.8 Å². The number of nitrogens with zero attached hydrogens (tertiary/aromatic N) is 8. The fraction of sp³-hybridized carbons (Fsp3) is 0.409. The van der Waals surface area contributed by atoms with Crippen LogP contribution >= 0.6 is 0 Å². The molecule has 0 bridgehead atoms. The van der Waals surface area contributed by atoms with Gasteiger partial charge in [0, 0.05) is 50.1 Å². The third-order valence-corrected chi connectivity index (χ3v) is 6.12. The van der Waals surface area contributed by atoms with E-state index in [1.165, 1.54) is 12.8 Å². The van der Waals surface area contributed by atoms with Crippen LogP contribution in [0.25, 0.3) is 17.0 Å². The number of ether oxygens (including phenoxy) is 1. The molecule has 0 amide bonds. The third kappa shape index (κ3) is 3.56. The Hall–Kier alpha value is -3.53. The van der Waals surface area contributed by atoms with Crippen LogP contribution in [-0.2, 0) is 6.54 Å². The summed E-state index contributed by atoms with van der Waals surface area (Å²) in [6.07, 6.45) is 6.22. The van der Waals surface area contributed by atoms with Crippen molar-refractivity contribution in [1.82, 2.24) is 34.6 Å². The van der Waals surface area contributed by atoms with Crippen LogP contribution < -0.4 is 9.64 Å². The predicted octanol–water partition coefficient (Wildman–Crippen LogP) is 2.38. The van der Waals surface area contributed by atoms with Crippen molar-refractivity contribution < 1.29 is 9.26 Å². The molecule has 1 saturated heterocycles. The van der Waals surface area contributed by atoms with Gasteiger partial charge in [-0.25, -0.2) is 4.98 Å². The second-order valence-electron chi connectivity index (χ2n) is 8.28. The van der Waals surface area contributed by atoms with E-state index in [1.807, 2.05) is 36.7 Å². The molecule has 1 aromatic carbocycles. The number of benzene rings is 1. The lowest BCUT2D eigenvalue weighted by Gasteiger charge is -2.34. The van der Waals surface area contributed by atoms with Gasteiger partial charge in [-0.3, -0.25) is 9.30 Å². The Morgan fingerprint density at radius 2 is 1.88 bits per heavy atom. The van der Waals surface area contributed by atoms with Gasteiger partial charge in [0.1, 0.15) is 11.6 Å². The van der Waals surface area contributed by atoms with Crippen molar-refractivity contribution in [2.24, 2.45) is 0 Å². The molecule has 32 heavy (non-hydrogen) atoms. The van der Waals surface area contributed by atoms with Crippen molar-refractivity contribution in [2.75, 3.05) is 38.2 Å². The highest BCUT2D eigenvalue weighted by atomic mass is 16.5. The first kappa shape index (κ1) is 19.2. The molecule has 0 spiro atoms. The standard InChI is InChI=1S/C22H24N8O2/c1-31-17-6-4-15(5-7-17)19-24-18(32-27-19)14-28-10-12-29(13-11-28)21-22-26-25-20(16-2-3-16)30(22)9-8-23-21/h4-9,16H,2-3,10-14H2,1H3. The monoisotopic (exact) mass is 432 g/mol. The zero-order valence-electron chi connectivity index (χ0n) is 17.9. The molecule has 0 atom stereocenters. The van der Waals surface area contributed by atoms with E-state index in [0.29, 0.717) is 24.2 Å². The molecule has 3 aromatic heterocycles. The molecule has 1 aliphatic heterocycles.